The highest BCUT2D eigenvalue weighted by atomic mass is 79.9. The van der Waals surface area contributed by atoms with E-state index in [2.05, 4.69) is 45.1 Å². The summed E-state index contributed by atoms with van der Waals surface area (Å²) < 4.78 is 1.12. The van der Waals surface area contributed by atoms with Crippen molar-refractivity contribution in [2.24, 2.45) is 0 Å². The van der Waals surface area contributed by atoms with Crippen LogP contribution in [0.25, 0.3) is 0 Å². The predicted molar refractivity (Wildman–Crippen MR) is 95.0 cm³/mol. The van der Waals surface area contributed by atoms with Crippen LogP contribution in [0.2, 0.25) is 0 Å². The Morgan fingerprint density at radius 3 is 2.55 bits per heavy atom. The van der Waals surface area contributed by atoms with Gasteiger partial charge in [0.1, 0.15) is 0 Å². The van der Waals surface area contributed by atoms with E-state index in [0.717, 1.165) is 36.8 Å². The lowest BCUT2D eigenvalue weighted by Gasteiger charge is -2.21. The number of unbranched alkanes of at least 4 members (excludes halogenated alkanes) is 1. The quantitative estimate of drug-likeness (QED) is 0.654. The van der Waals surface area contributed by atoms with Gasteiger partial charge < -0.3 is 9.80 Å². The van der Waals surface area contributed by atoms with Crippen molar-refractivity contribution in [3.8, 4) is 0 Å². The van der Waals surface area contributed by atoms with E-state index in [9.17, 15) is 4.79 Å². The van der Waals surface area contributed by atoms with Gasteiger partial charge in [-0.1, -0.05) is 28.1 Å². The molecule has 0 spiro atoms. The van der Waals surface area contributed by atoms with Gasteiger partial charge in [-0.15, -0.1) is 0 Å². The van der Waals surface area contributed by atoms with Crippen molar-refractivity contribution in [2.75, 3.05) is 33.2 Å². The lowest BCUT2D eigenvalue weighted by atomic mass is 10.1. The van der Waals surface area contributed by atoms with Crippen LogP contribution >= 0.6 is 15.9 Å². The molecule has 1 heterocycles. The second kappa shape index (κ2) is 9.31. The molecular weight excluding hydrogens is 340 g/mol. The molecule has 0 unspecified atom stereocenters. The van der Waals surface area contributed by atoms with Crippen LogP contribution in [0.15, 0.2) is 28.7 Å². The fourth-order valence-electron chi connectivity index (χ4n) is 2.87. The van der Waals surface area contributed by atoms with Crippen molar-refractivity contribution in [3.63, 3.8) is 0 Å². The predicted octanol–water partition coefficient (Wildman–Crippen LogP) is 3.72. The Morgan fingerprint density at radius 2 is 1.86 bits per heavy atom. The molecule has 1 aromatic rings. The van der Waals surface area contributed by atoms with Crippen LogP contribution in [0.1, 0.15) is 37.7 Å². The molecule has 0 aliphatic carbocycles. The van der Waals surface area contributed by atoms with E-state index in [-0.39, 0.29) is 5.91 Å². The number of amides is 1. The summed E-state index contributed by atoms with van der Waals surface area (Å²) in [6.45, 7) is 4.30. The molecule has 0 saturated carbocycles. The summed E-state index contributed by atoms with van der Waals surface area (Å²) in [5.41, 5.74) is 1.35. The number of carbonyl (C=O) groups is 1. The van der Waals surface area contributed by atoms with Gasteiger partial charge in [0.15, 0.2) is 0 Å². The maximum atomic E-state index is 12.1. The van der Waals surface area contributed by atoms with E-state index in [1.165, 1.54) is 31.5 Å². The van der Waals surface area contributed by atoms with Crippen LogP contribution in [-0.2, 0) is 11.2 Å². The molecule has 0 radical (unpaired) electrons. The smallest absolute Gasteiger partial charge is 0.222 e. The molecule has 0 N–H and O–H groups in total. The Morgan fingerprint density at radius 1 is 1.18 bits per heavy atom. The number of carbonyl (C=O) groups excluding carboxylic acids is 1. The summed E-state index contributed by atoms with van der Waals surface area (Å²) in [7, 11) is 1.94. The fourth-order valence-corrected chi connectivity index (χ4v) is 3.13. The minimum absolute atomic E-state index is 0.287. The third-order valence-electron chi connectivity index (χ3n) is 4.40. The first-order valence-corrected chi connectivity index (χ1v) is 9.15. The highest BCUT2D eigenvalue weighted by Crippen LogP contribution is 2.13. The first-order valence-electron chi connectivity index (χ1n) is 8.36. The second-order valence-corrected chi connectivity index (χ2v) is 7.11. The number of hydrogen-bond acceptors (Lipinski definition) is 2. The van der Waals surface area contributed by atoms with Gasteiger partial charge in [0, 0.05) is 31.0 Å². The van der Waals surface area contributed by atoms with Gasteiger partial charge in [0.2, 0.25) is 5.91 Å². The first kappa shape index (κ1) is 17.5. The number of likely N-dealkylation sites (N-methyl/N-ethyl adjacent to an activating group) is 1. The molecule has 4 heteroatoms. The molecule has 1 aliphatic heterocycles. The summed E-state index contributed by atoms with van der Waals surface area (Å²) in [5, 5.41) is 0. The van der Waals surface area contributed by atoms with Crippen LogP contribution in [0.5, 0.6) is 0 Å². The molecule has 3 nitrogen and oxygen atoms in total. The number of rotatable bonds is 8. The first-order chi connectivity index (χ1) is 10.6. The van der Waals surface area contributed by atoms with E-state index < -0.39 is 0 Å². The second-order valence-electron chi connectivity index (χ2n) is 6.20. The molecule has 1 amide bonds. The number of nitrogens with zero attached hydrogens (tertiary/aromatic N) is 2. The summed E-state index contributed by atoms with van der Waals surface area (Å²) in [4.78, 5) is 16.5. The van der Waals surface area contributed by atoms with E-state index in [4.69, 9.17) is 0 Å². The van der Waals surface area contributed by atoms with Crippen molar-refractivity contribution in [3.05, 3.63) is 34.3 Å². The van der Waals surface area contributed by atoms with Crippen molar-refractivity contribution in [1.29, 1.82) is 0 Å². The van der Waals surface area contributed by atoms with Crippen molar-refractivity contribution >= 4 is 21.8 Å². The summed E-state index contributed by atoms with van der Waals surface area (Å²) in [5.74, 6) is 0.287. The van der Waals surface area contributed by atoms with Crippen molar-refractivity contribution in [2.45, 2.75) is 38.5 Å². The van der Waals surface area contributed by atoms with Gasteiger partial charge in [-0.3, -0.25) is 4.79 Å². The molecule has 22 heavy (non-hydrogen) atoms. The molecule has 0 bridgehead atoms. The summed E-state index contributed by atoms with van der Waals surface area (Å²) in [6.07, 6.45) is 6.41. The number of aryl methyl sites for hydroxylation is 1. The molecule has 0 atom stereocenters. The number of benzene rings is 1. The molecular formula is C18H27BrN2O. The van der Waals surface area contributed by atoms with Crippen LogP contribution in [0, 0.1) is 0 Å². The average molecular weight is 367 g/mol. The standard InChI is InChI=1S/C18H27BrN2O/c1-20(14-15-21-12-4-5-13-21)18(22)7-3-2-6-16-8-10-17(19)11-9-16/h8-11H,2-7,12-15H2,1H3. The molecule has 2 rings (SSSR count). The molecule has 1 aromatic carbocycles. The number of halogens is 1. The average Bonchev–Trinajstić information content (AvgIpc) is 3.04. The van der Waals surface area contributed by atoms with Crippen LogP contribution in [-0.4, -0.2) is 48.9 Å². The summed E-state index contributed by atoms with van der Waals surface area (Å²) >= 11 is 3.45. The Hall–Kier alpha value is -0.870. The lowest BCUT2D eigenvalue weighted by Crippen LogP contribution is -2.35. The van der Waals surface area contributed by atoms with E-state index in [0.29, 0.717) is 6.42 Å². The zero-order valence-electron chi connectivity index (χ0n) is 13.6. The van der Waals surface area contributed by atoms with Gasteiger partial charge in [0.25, 0.3) is 0 Å². The third kappa shape index (κ3) is 6.09. The van der Waals surface area contributed by atoms with Crippen LogP contribution < -0.4 is 0 Å². The third-order valence-corrected chi connectivity index (χ3v) is 4.92. The lowest BCUT2D eigenvalue weighted by molar-refractivity contribution is -0.130. The molecule has 1 aliphatic rings. The topological polar surface area (TPSA) is 23.6 Å². The zero-order valence-corrected chi connectivity index (χ0v) is 15.1. The van der Waals surface area contributed by atoms with Gasteiger partial charge in [-0.2, -0.15) is 0 Å². The summed E-state index contributed by atoms with van der Waals surface area (Å²) in [6, 6.07) is 8.45. The molecule has 0 aromatic heterocycles. The van der Waals surface area contributed by atoms with Crippen LogP contribution in [0.4, 0.5) is 0 Å². The van der Waals surface area contributed by atoms with E-state index >= 15 is 0 Å². The monoisotopic (exact) mass is 366 g/mol. The van der Waals surface area contributed by atoms with Gasteiger partial charge >= 0.3 is 0 Å². The number of hydrogen-bond donors (Lipinski definition) is 0. The molecule has 1 fully saturated rings. The maximum absolute atomic E-state index is 12.1. The van der Waals surface area contributed by atoms with Gasteiger partial charge in [-0.25, -0.2) is 0 Å². The van der Waals surface area contributed by atoms with E-state index in [1.807, 2.05) is 11.9 Å². The van der Waals surface area contributed by atoms with Gasteiger partial charge in [-0.05, 0) is 62.9 Å². The van der Waals surface area contributed by atoms with E-state index in [1.54, 1.807) is 0 Å². The highest BCUT2D eigenvalue weighted by molar-refractivity contribution is 9.10. The van der Waals surface area contributed by atoms with Gasteiger partial charge in [0.05, 0.1) is 0 Å². The minimum Gasteiger partial charge on any atom is -0.344 e. The normalized spacial score (nSPS) is 15.2. The maximum Gasteiger partial charge on any atom is 0.222 e. The Kier molecular flexibility index (Phi) is 7.40. The number of likely N-dealkylation sites (tertiary alicyclic amines) is 1. The Bertz CT molecular complexity index is 455. The Labute approximate surface area is 142 Å². The zero-order chi connectivity index (χ0) is 15.8. The largest absolute Gasteiger partial charge is 0.344 e. The van der Waals surface area contributed by atoms with Crippen molar-refractivity contribution in [1.82, 2.24) is 9.80 Å². The minimum atomic E-state index is 0.287. The molecule has 1 saturated heterocycles. The highest BCUT2D eigenvalue weighted by Gasteiger charge is 2.14. The van der Waals surface area contributed by atoms with Crippen molar-refractivity contribution < 1.29 is 4.79 Å². The van der Waals surface area contributed by atoms with Crippen LogP contribution in [0.3, 0.4) is 0 Å². The Balaban J connectivity index is 1.57. The molecule has 122 valence electrons. The SMILES string of the molecule is CN(CCN1CCCC1)C(=O)CCCCc1ccc(Br)cc1. The fraction of sp³-hybridized carbons (Fsp3) is 0.611.